The van der Waals surface area contributed by atoms with E-state index in [1.165, 1.54) is 0 Å². The zero-order valence-corrected chi connectivity index (χ0v) is 13.7. The number of aromatic nitrogens is 1. The van der Waals surface area contributed by atoms with Gasteiger partial charge in [0.05, 0.1) is 30.2 Å². The first-order valence-electron chi connectivity index (χ1n) is 7.20. The van der Waals surface area contributed by atoms with E-state index in [9.17, 15) is 0 Å². The van der Waals surface area contributed by atoms with Crippen molar-refractivity contribution in [2.75, 3.05) is 6.61 Å². The lowest BCUT2D eigenvalue weighted by Gasteiger charge is -2.39. The van der Waals surface area contributed by atoms with Gasteiger partial charge in [-0.2, -0.15) is 0 Å². The minimum atomic E-state index is -0.0814. The number of hydrogen-bond donors (Lipinski definition) is 1. The fourth-order valence-electron chi connectivity index (χ4n) is 2.17. The van der Waals surface area contributed by atoms with Gasteiger partial charge in [0.2, 0.25) is 0 Å². The molecule has 5 heteroatoms. The number of ether oxygens (including phenoxy) is 2. The molecule has 0 aliphatic heterocycles. The molecule has 0 radical (unpaired) electrons. The quantitative estimate of drug-likeness (QED) is 0.643. The summed E-state index contributed by atoms with van der Waals surface area (Å²) in [6.07, 6.45) is 7.92. The maximum atomic E-state index is 5.89. The lowest BCUT2D eigenvalue weighted by atomic mass is 9.91. The van der Waals surface area contributed by atoms with E-state index in [2.05, 4.69) is 42.8 Å². The number of thiol groups is 1. The van der Waals surface area contributed by atoms with Crippen LogP contribution in [0, 0.1) is 0 Å². The van der Waals surface area contributed by atoms with Gasteiger partial charge in [-0.15, -0.1) is 0 Å². The summed E-state index contributed by atoms with van der Waals surface area (Å²) in [5, 5.41) is 0. The molecule has 0 unspecified atom stereocenters. The van der Waals surface area contributed by atoms with Crippen molar-refractivity contribution in [3.63, 3.8) is 0 Å². The molecule has 0 N–H and O–H groups in total. The lowest BCUT2D eigenvalue weighted by Crippen LogP contribution is -2.43. The van der Waals surface area contributed by atoms with Crippen molar-refractivity contribution in [1.82, 2.24) is 4.98 Å². The SMILES string of the molecule is CC(C)(C)OC1CC(Oc2ccc(/C=C/COS)nc2)C1. The molecule has 21 heavy (non-hydrogen) atoms. The minimum absolute atomic E-state index is 0.0814. The molecule has 1 aromatic rings. The highest BCUT2D eigenvalue weighted by Crippen LogP contribution is 2.30. The molecule has 116 valence electrons. The summed E-state index contributed by atoms with van der Waals surface area (Å²) >= 11 is 3.67. The van der Waals surface area contributed by atoms with E-state index in [4.69, 9.17) is 9.47 Å². The van der Waals surface area contributed by atoms with Crippen molar-refractivity contribution < 1.29 is 13.7 Å². The highest BCUT2D eigenvalue weighted by atomic mass is 32.1. The summed E-state index contributed by atoms with van der Waals surface area (Å²) in [5.41, 5.74) is 0.789. The smallest absolute Gasteiger partial charge is 0.138 e. The molecule has 1 aliphatic carbocycles. The maximum absolute atomic E-state index is 5.89. The number of rotatable bonds is 6. The third-order valence-corrected chi connectivity index (χ3v) is 3.24. The average molecular weight is 309 g/mol. The van der Waals surface area contributed by atoms with E-state index < -0.39 is 0 Å². The summed E-state index contributed by atoms with van der Waals surface area (Å²) in [6.45, 7) is 6.70. The minimum Gasteiger partial charge on any atom is -0.489 e. The van der Waals surface area contributed by atoms with Crippen LogP contribution in [0.15, 0.2) is 24.4 Å². The van der Waals surface area contributed by atoms with Crippen molar-refractivity contribution >= 4 is 19.0 Å². The monoisotopic (exact) mass is 309 g/mol. The van der Waals surface area contributed by atoms with E-state index in [1.54, 1.807) is 6.20 Å². The number of nitrogens with zero attached hydrogens (tertiary/aromatic N) is 1. The van der Waals surface area contributed by atoms with Crippen LogP contribution in [0.4, 0.5) is 0 Å². The summed E-state index contributed by atoms with van der Waals surface area (Å²) in [7, 11) is 0. The van der Waals surface area contributed by atoms with Crippen LogP contribution in [0.5, 0.6) is 5.75 Å². The van der Waals surface area contributed by atoms with Gasteiger partial charge in [-0.25, -0.2) is 0 Å². The Morgan fingerprint density at radius 2 is 2.05 bits per heavy atom. The zero-order chi connectivity index (χ0) is 15.3. The predicted octanol–water partition coefficient (Wildman–Crippen LogP) is 3.68. The Kier molecular flexibility index (Phi) is 5.67. The Bertz CT molecular complexity index is 461. The molecule has 1 fully saturated rings. The fraction of sp³-hybridized carbons (Fsp3) is 0.562. The van der Waals surface area contributed by atoms with Gasteiger partial charge < -0.3 is 13.7 Å². The summed E-state index contributed by atoms with van der Waals surface area (Å²) in [6, 6.07) is 3.86. The van der Waals surface area contributed by atoms with Crippen molar-refractivity contribution in [3.05, 3.63) is 30.1 Å². The van der Waals surface area contributed by atoms with Crippen molar-refractivity contribution in [1.29, 1.82) is 0 Å². The molecule has 1 heterocycles. The molecule has 1 aliphatic rings. The first kappa shape index (κ1) is 16.3. The van der Waals surface area contributed by atoms with Crippen LogP contribution in [0.25, 0.3) is 6.08 Å². The van der Waals surface area contributed by atoms with E-state index in [0.29, 0.717) is 12.7 Å². The summed E-state index contributed by atoms with van der Waals surface area (Å²) in [4.78, 5) is 4.32. The molecule has 0 aromatic carbocycles. The van der Waals surface area contributed by atoms with E-state index in [1.807, 2.05) is 24.3 Å². The molecule has 1 saturated carbocycles. The molecular weight excluding hydrogens is 286 g/mol. The highest BCUT2D eigenvalue weighted by Gasteiger charge is 2.34. The van der Waals surface area contributed by atoms with Crippen LogP contribution in [0.1, 0.15) is 39.3 Å². The molecule has 1 aromatic heterocycles. The van der Waals surface area contributed by atoms with E-state index in [0.717, 1.165) is 24.3 Å². The Morgan fingerprint density at radius 1 is 1.29 bits per heavy atom. The second-order valence-electron chi connectivity index (χ2n) is 6.18. The summed E-state index contributed by atoms with van der Waals surface area (Å²) < 4.78 is 16.4. The Balaban J connectivity index is 1.75. The zero-order valence-electron chi connectivity index (χ0n) is 12.8. The van der Waals surface area contributed by atoms with E-state index in [-0.39, 0.29) is 11.7 Å². The first-order chi connectivity index (χ1) is 9.96. The molecule has 0 amide bonds. The van der Waals surface area contributed by atoms with Gasteiger partial charge in [-0.05, 0) is 51.9 Å². The van der Waals surface area contributed by atoms with Crippen molar-refractivity contribution in [2.45, 2.75) is 51.4 Å². The van der Waals surface area contributed by atoms with Gasteiger partial charge in [-0.3, -0.25) is 4.98 Å². The third-order valence-electron chi connectivity index (χ3n) is 3.09. The second-order valence-corrected chi connectivity index (χ2v) is 6.44. The molecule has 0 spiro atoms. The molecule has 0 bridgehead atoms. The van der Waals surface area contributed by atoms with Gasteiger partial charge in [0.1, 0.15) is 11.9 Å². The van der Waals surface area contributed by atoms with Crippen LogP contribution < -0.4 is 4.74 Å². The average Bonchev–Trinajstić information content (AvgIpc) is 2.37. The Hall–Kier alpha value is -1.04. The highest BCUT2D eigenvalue weighted by molar-refractivity contribution is 7.75. The lowest BCUT2D eigenvalue weighted by molar-refractivity contribution is -0.126. The first-order valence-corrected chi connectivity index (χ1v) is 7.56. The van der Waals surface area contributed by atoms with Crippen molar-refractivity contribution in [3.8, 4) is 5.75 Å². The van der Waals surface area contributed by atoms with Crippen LogP contribution in [-0.4, -0.2) is 29.4 Å². The summed E-state index contributed by atoms with van der Waals surface area (Å²) in [5.74, 6) is 0.803. The standard InChI is InChI=1S/C16H23NO3S/c1-16(2,3)20-15-9-14(10-15)19-13-7-6-12(17-11-13)5-4-8-18-21/h4-7,11,14-15,21H,8-10H2,1-3H3/b5-4+. The molecule has 0 saturated heterocycles. The fourth-order valence-corrected chi connectivity index (χ4v) is 2.26. The van der Waals surface area contributed by atoms with Crippen molar-refractivity contribution in [2.24, 2.45) is 0 Å². The number of hydrogen-bond acceptors (Lipinski definition) is 5. The van der Waals surface area contributed by atoms with Gasteiger partial charge in [0.25, 0.3) is 0 Å². The third kappa shape index (κ3) is 5.69. The van der Waals surface area contributed by atoms with E-state index >= 15 is 0 Å². The van der Waals surface area contributed by atoms with Gasteiger partial charge in [0.15, 0.2) is 0 Å². The van der Waals surface area contributed by atoms with Crippen LogP contribution in [-0.2, 0) is 8.92 Å². The second kappa shape index (κ2) is 7.29. The molecule has 2 rings (SSSR count). The van der Waals surface area contributed by atoms with Gasteiger partial charge >= 0.3 is 0 Å². The van der Waals surface area contributed by atoms with Crippen LogP contribution >= 0.6 is 12.9 Å². The van der Waals surface area contributed by atoms with Crippen LogP contribution in [0.3, 0.4) is 0 Å². The molecule has 4 nitrogen and oxygen atoms in total. The topological polar surface area (TPSA) is 40.6 Å². The molecule has 0 atom stereocenters. The molecular formula is C16H23NO3S. The Morgan fingerprint density at radius 3 is 2.62 bits per heavy atom. The largest absolute Gasteiger partial charge is 0.489 e. The Labute approximate surface area is 132 Å². The normalized spacial score (nSPS) is 22.3. The number of pyridine rings is 1. The van der Waals surface area contributed by atoms with Crippen LogP contribution in [0.2, 0.25) is 0 Å². The maximum Gasteiger partial charge on any atom is 0.138 e. The van der Waals surface area contributed by atoms with Gasteiger partial charge in [0, 0.05) is 12.8 Å². The van der Waals surface area contributed by atoms with Gasteiger partial charge in [-0.1, -0.05) is 6.08 Å². The predicted molar refractivity (Wildman–Crippen MR) is 86.5 cm³/mol.